The SMILES string of the molecule is CCCCCCCCC(CCCCCC)CN1C(=O)C2=C(c3ccc(-c4ccc(/C=C(\C#N)c5cccs5)s4)s3)N(CC(CCCCCC)CCCCCCCC)C(=O)C2=C1c1ccc(-c2ccc(/C=C(\C#N)c3cccs3)s2)s1. The molecule has 8 rings (SSSR count). The first-order chi connectivity index (χ1) is 39.3. The summed E-state index contributed by atoms with van der Waals surface area (Å²) in [5.41, 5.74) is 4.03. The highest BCUT2D eigenvalue weighted by atomic mass is 32.1. The van der Waals surface area contributed by atoms with Gasteiger partial charge in [0, 0.05) is 52.1 Å². The predicted octanol–water partition coefficient (Wildman–Crippen LogP) is 22.0. The quantitative estimate of drug-likeness (QED) is 0.0290. The molecule has 80 heavy (non-hydrogen) atoms. The number of allylic oxidation sites excluding steroid dienone is 2. The summed E-state index contributed by atoms with van der Waals surface area (Å²) in [6, 6.07) is 29.9. The van der Waals surface area contributed by atoms with Gasteiger partial charge >= 0.3 is 0 Å². The van der Waals surface area contributed by atoms with E-state index in [-0.39, 0.29) is 11.8 Å². The number of amides is 2. The first-order valence-electron chi connectivity index (χ1n) is 30.1. The second-order valence-electron chi connectivity index (χ2n) is 21.8. The molecular formula is C68H82N4O2S6. The Morgan fingerprint density at radius 2 is 0.762 bits per heavy atom. The standard InChI is InChI=1S/C68H82N4O2S6/c1-5-9-13-17-19-23-29-49(27-21-15-11-7-3)47-71-65(61-39-37-59(79-61)57-35-33-53(77-57)43-51(45-69)55-31-25-41-75-55)63-64(67(71)73)66(72(68(63)74)48-50(28-22-16-12-8-4)30-24-20-18-14-10-6-2)62-40-38-60(80-62)58-36-34-54(78-58)44-52(46-70)56-32-26-42-76-56/h25-26,31-44,49-50H,5-24,27-30,47-48H2,1-4H3/b51-43+,52-44+. The van der Waals surface area contributed by atoms with Crippen molar-refractivity contribution in [2.24, 2.45) is 11.8 Å². The molecule has 0 fully saturated rings. The molecule has 0 saturated heterocycles. The summed E-state index contributed by atoms with van der Waals surface area (Å²) >= 11 is 9.82. The molecule has 0 bridgehead atoms. The molecule has 6 aromatic rings. The maximum absolute atomic E-state index is 16.0. The van der Waals surface area contributed by atoms with Crippen LogP contribution in [0.4, 0.5) is 0 Å². The van der Waals surface area contributed by atoms with Crippen LogP contribution in [0.3, 0.4) is 0 Å². The van der Waals surface area contributed by atoms with E-state index < -0.39 is 0 Å². The molecule has 12 heteroatoms. The molecule has 0 radical (unpaired) electrons. The third kappa shape index (κ3) is 16.2. The summed E-state index contributed by atoms with van der Waals surface area (Å²) in [5.74, 6) is 0.559. The van der Waals surface area contributed by atoms with Gasteiger partial charge in [-0.1, -0.05) is 168 Å². The Morgan fingerprint density at radius 1 is 0.438 bits per heavy atom. The van der Waals surface area contributed by atoms with Gasteiger partial charge in [0.15, 0.2) is 0 Å². The molecule has 2 unspecified atom stereocenters. The van der Waals surface area contributed by atoms with E-state index >= 15 is 9.59 Å². The Morgan fingerprint density at radius 3 is 1.11 bits per heavy atom. The van der Waals surface area contributed by atoms with E-state index in [4.69, 9.17) is 0 Å². The van der Waals surface area contributed by atoms with E-state index in [0.29, 0.717) is 47.2 Å². The van der Waals surface area contributed by atoms with Crippen LogP contribution in [0, 0.1) is 34.5 Å². The van der Waals surface area contributed by atoms with Gasteiger partial charge in [0.1, 0.15) is 12.1 Å². The zero-order valence-electron chi connectivity index (χ0n) is 47.8. The van der Waals surface area contributed by atoms with Crippen LogP contribution in [0.2, 0.25) is 0 Å². The van der Waals surface area contributed by atoms with Crippen molar-refractivity contribution >= 4 is 115 Å². The molecule has 8 heterocycles. The van der Waals surface area contributed by atoms with Crippen LogP contribution >= 0.6 is 68.0 Å². The molecule has 0 aliphatic carbocycles. The highest BCUT2D eigenvalue weighted by Gasteiger charge is 2.50. The highest BCUT2D eigenvalue weighted by molar-refractivity contribution is 7.24. The lowest BCUT2D eigenvalue weighted by molar-refractivity contribution is -0.124. The van der Waals surface area contributed by atoms with Crippen LogP contribution in [-0.2, 0) is 9.59 Å². The number of carbonyl (C=O) groups excluding carboxylic acids is 2. The number of carbonyl (C=O) groups is 2. The molecule has 2 aliphatic heterocycles. The summed E-state index contributed by atoms with van der Waals surface area (Å²) in [6.07, 6.45) is 32.5. The number of nitrogens with zero attached hydrogens (tertiary/aromatic N) is 4. The lowest BCUT2D eigenvalue weighted by Gasteiger charge is -2.29. The first kappa shape index (κ1) is 61.2. The summed E-state index contributed by atoms with van der Waals surface area (Å²) in [5, 5.41) is 24.2. The number of fused-ring (bicyclic) bond motifs is 1. The minimum Gasteiger partial charge on any atom is -0.306 e. The van der Waals surface area contributed by atoms with E-state index in [2.05, 4.69) is 98.2 Å². The molecule has 422 valence electrons. The molecule has 6 nitrogen and oxygen atoms in total. The van der Waals surface area contributed by atoms with Crippen molar-refractivity contribution in [2.45, 2.75) is 182 Å². The van der Waals surface area contributed by atoms with Gasteiger partial charge in [-0.3, -0.25) is 9.59 Å². The number of unbranched alkanes of at least 4 members (excludes halogenated alkanes) is 16. The molecule has 0 N–H and O–H groups in total. The Bertz CT molecular complexity index is 2910. The van der Waals surface area contributed by atoms with E-state index in [0.717, 1.165) is 112 Å². The van der Waals surface area contributed by atoms with Crippen LogP contribution in [0.1, 0.15) is 211 Å². The molecule has 0 aromatic carbocycles. The second kappa shape index (κ2) is 32.1. The van der Waals surface area contributed by atoms with Gasteiger partial charge in [0.2, 0.25) is 0 Å². The van der Waals surface area contributed by atoms with Crippen molar-refractivity contribution in [3.8, 4) is 31.6 Å². The maximum atomic E-state index is 16.0. The second-order valence-corrected chi connectivity index (χ2v) is 28.1. The minimum absolute atomic E-state index is 0.0370. The Kier molecular flexibility index (Phi) is 24.5. The molecule has 0 spiro atoms. The van der Waals surface area contributed by atoms with Crippen molar-refractivity contribution in [1.29, 1.82) is 10.5 Å². The van der Waals surface area contributed by atoms with Crippen LogP contribution in [0.15, 0.2) is 94.7 Å². The fraction of sp³-hybridized carbons (Fsp3) is 0.471. The zero-order valence-corrected chi connectivity index (χ0v) is 52.7. The van der Waals surface area contributed by atoms with E-state index in [1.54, 1.807) is 68.0 Å². The van der Waals surface area contributed by atoms with Gasteiger partial charge in [-0.05, 0) is 121 Å². The zero-order chi connectivity index (χ0) is 56.1. The fourth-order valence-electron chi connectivity index (χ4n) is 11.4. The monoisotopic (exact) mass is 1180 g/mol. The van der Waals surface area contributed by atoms with Crippen molar-refractivity contribution in [2.75, 3.05) is 13.1 Å². The lowest BCUT2D eigenvalue weighted by Crippen LogP contribution is -2.34. The van der Waals surface area contributed by atoms with Gasteiger partial charge in [-0.2, -0.15) is 10.5 Å². The largest absolute Gasteiger partial charge is 0.306 e. The molecule has 2 amide bonds. The average Bonchev–Trinajstić information content (AvgIpc) is 4.51. The van der Waals surface area contributed by atoms with Crippen molar-refractivity contribution in [3.63, 3.8) is 0 Å². The number of rotatable bonds is 36. The van der Waals surface area contributed by atoms with Crippen LogP contribution in [-0.4, -0.2) is 34.7 Å². The Labute approximate surface area is 502 Å². The van der Waals surface area contributed by atoms with Gasteiger partial charge in [-0.25, -0.2) is 0 Å². The van der Waals surface area contributed by atoms with Crippen molar-refractivity contribution in [1.82, 2.24) is 9.80 Å². The number of hydrogen-bond donors (Lipinski definition) is 0. The third-order valence-electron chi connectivity index (χ3n) is 15.7. The molecule has 6 aromatic heterocycles. The van der Waals surface area contributed by atoms with E-state index in [1.165, 1.54) is 103 Å². The number of hydrogen-bond acceptors (Lipinski definition) is 10. The molecule has 0 saturated carbocycles. The first-order valence-corrected chi connectivity index (χ1v) is 35.2. The molecule has 2 atom stereocenters. The van der Waals surface area contributed by atoms with Crippen LogP contribution in [0.25, 0.3) is 54.2 Å². The minimum atomic E-state index is -0.0370. The van der Waals surface area contributed by atoms with E-state index in [1.807, 2.05) is 47.2 Å². The smallest absolute Gasteiger partial charge is 0.261 e. The van der Waals surface area contributed by atoms with Gasteiger partial charge in [-0.15, -0.1) is 68.0 Å². The fourth-order valence-corrected chi connectivity index (χ4v) is 17.0. The average molecular weight is 1180 g/mol. The number of nitriles is 2. The Balaban J connectivity index is 1.22. The third-order valence-corrected chi connectivity index (χ3v) is 22.2. The predicted molar refractivity (Wildman–Crippen MR) is 349 cm³/mol. The highest BCUT2D eigenvalue weighted by Crippen LogP contribution is 2.51. The molecule has 2 aliphatic rings. The normalized spacial score (nSPS) is 14.7. The summed E-state index contributed by atoms with van der Waals surface area (Å²) in [7, 11) is 0. The topological polar surface area (TPSA) is 88.2 Å². The Hall–Kier alpha value is -4.92. The van der Waals surface area contributed by atoms with Gasteiger partial charge in [0.05, 0.1) is 43.4 Å². The number of thiophene rings is 6. The summed E-state index contributed by atoms with van der Waals surface area (Å²) in [4.78, 5) is 46.4. The van der Waals surface area contributed by atoms with Crippen molar-refractivity contribution < 1.29 is 9.59 Å². The summed E-state index contributed by atoms with van der Waals surface area (Å²) in [6.45, 7) is 10.3. The van der Waals surface area contributed by atoms with Crippen molar-refractivity contribution in [3.05, 3.63) is 124 Å². The van der Waals surface area contributed by atoms with E-state index in [9.17, 15) is 10.5 Å². The van der Waals surface area contributed by atoms with Crippen LogP contribution in [0.5, 0.6) is 0 Å². The summed E-state index contributed by atoms with van der Waals surface area (Å²) < 4.78 is 0. The lowest BCUT2D eigenvalue weighted by atomic mass is 9.93. The van der Waals surface area contributed by atoms with Crippen LogP contribution < -0.4 is 0 Å². The maximum Gasteiger partial charge on any atom is 0.261 e. The van der Waals surface area contributed by atoms with Gasteiger partial charge < -0.3 is 9.80 Å². The molecular weight excluding hydrogens is 1100 g/mol. The van der Waals surface area contributed by atoms with Gasteiger partial charge in [0.25, 0.3) is 11.8 Å².